The van der Waals surface area contributed by atoms with Gasteiger partial charge in [-0.05, 0) is 0 Å². The van der Waals surface area contributed by atoms with Gasteiger partial charge in [0.15, 0.2) is 0 Å². The average molecular weight is 398 g/mol. The summed E-state index contributed by atoms with van der Waals surface area (Å²) in [6.45, 7) is -0.807. The molecule has 0 aliphatic carbocycles. The van der Waals surface area contributed by atoms with Crippen LogP contribution in [0.25, 0.3) is 0 Å². The van der Waals surface area contributed by atoms with Crippen LogP contribution in [0.3, 0.4) is 0 Å². The molecule has 0 amide bonds. The molecular formula is C6H14BO13P3. The Morgan fingerprint density at radius 3 is 2.09 bits per heavy atom. The highest BCUT2D eigenvalue weighted by Crippen LogP contribution is 2.66. The second-order valence-electron chi connectivity index (χ2n) is 4.22. The third-order valence-corrected chi connectivity index (χ3v) is 6.27. The molecule has 0 aromatic rings. The van der Waals surface area contributed by atoms with Crippen molar-refractivity contribution in [1.29, 1.82) is 0 Å². The highest BCUT2D eigenvalue weighted by Gasteiger charge is 2.44. The quantitative estimate of drug-likeness (QED) is 0.236. The number of hydrogen-bond acceptors (Lipinski definition) is 9. The van der Waals surface area contributed by atoms with Crippen LogP contribution in [0.1, 0.15) is 0 Å². The summed E-state index contributed by atoms with van der Waals surface area (Å²) < 4.78 is 54.1. The first-order valence-electron chi connectivity index (χ1n) is 5.66. The van der Waals surface area contributed by atoms with Crippen molar-refractivity contribution in [3.8, 4) is 0 Å². The number of hydrogen-bond donors (Lipinski definition) is 5. The smallest absolute Gasteiger partial charge is 0.388 e. The van der Waals surface area contributed by atoms with Gasteiger partial charge in [-0.3, -0.25) is 4.52 Å². The van der Waals surface area contributed by atoms with Crippen molar-refractivity contribution in [3.63, 3.8) is 0 Å². The first-order valence-corrected chi connectivity index (χ1v) is 10.2. The summed E-state index contributed by atoms with van der Waals surface area (Å²) in [6, 6.07) is -1.05. The monoisotopic (exact) mass is 398 g/mol. The average Bonchev–Trinajstić information content (AvgIpc) is 2.56. The summed E-state index contributed by atoms with van der Waals surface area (Å²) in [5.74, 6) is 0. The Kier molecular flexibility index (Phi) is 7.18. The van der Waals surface area contributed by atoms with Crippen molar-refractivity contribution < 1.29 is 61.0 Å². The van der Waals surface area contributed by atoms with Crippen LogP contribution in [0.5, 0.6) is 0 Å². The van der Waals surface area contributed by atoms with Crippen LogP contribution in [-0.2, 0) is 36.3 Å². The first-order chi connectivity index (χ1) is 10.3. The fourth-order valence-electron chi connectivity index (χ4n) is 1.65. The van der Waals surface area contributed by atoms with Crippen molar-refractivity contribution in [2.75, 3.05) is 13.7 Å². The largest absolute Gasteiger partial charge is 0.490 e. The van der Waals surface area contributed by atoms with E-state index in [0.29, 0.717) is 0 Å². The lowest BCUT2D eigenvalue weighted by Gasteiger charge is -2.19. The van der Waals surface area contributed by atoms with Crippen LogP contribution >= 0.6 is 23.5 Å². The molecule has 6 atom stereocenters. The van der Waals surface area contributed by atoms with Gasteiger partial charge in [0.25, 0.3) is 0 Å². The highest BCUT2D eigenvalue weighted by atomic mass is 31.3. The van der Waals surface area contributed by atoms with E-state index in [0.717, 1.165) is 0 Å². The zero-order valence-electron chi connectivity index (χ0n) is 11.4. The maximum Gasteiger partial charge on any atom is 0.490 e. The van der Waals surface area contributed by atoms with E-state index >= 15 is 0 Å². The van der Waals surface area contributed by atoms with Gasteiger partial charge in [0.2, 0.25) is 0 Å². The lowest BCUT2D eigenvalue weighted by Crippen LogP contribution is -2.35. The van der Waals surface area contributed by atoms with Gasteiger partial charge >= 0.3 is 23.5 Å². The molecule has 1 aliphatic heterocycles. The Balaban J connectivity index is 2.61. The first kappa shape index (κ1) is 21.4. The SMILES string of the molecule is [B][C@@H]1O[C@H](COP(=O)(O)OP(=O)(O)OP(=O)(O)O)C(O)[C@@H]1OC. The number of methoxy groups -OCH3 is 1. The van der Waals surface area contributed by atoms with Gasteiger partial charge in [0, 0.05) is 13.1 Å². The highest BCUT2D eigenvalue weighted by molar-refractivity contribution is 7.66. The molecule has 13 nitrogen and oxygen atoms in total. The molecule has 5 N–H and O–H groups in total. The number of phosphoric ester groups is 1. The molecule has 17 heteroatoms. The van der Waals surface area contributed by atoms with Gasteiger partial charge < -0.3 is 34.2 Å². The Bertz CT molecular complexity index is 548. The Morgan fingerprint density at radius 1 is 1.09 bits per heavy atom. The van der Waals surface area contributed by atoms with Crippen LogP contribution in [0.15, 0.2) is 0 Å². The molecule has 1 rings (SSSR count). The van der Waals surface area contributed by atoms with Gasteiger partial charge in [0.05, 0.1) is 6.61 Å². The maximum absolute atomic E-state index is 11.5. The third kappa shape index (κ3) is 7.01. The maximum atomic E-state index is 11.5. The summed E-state index contributed by atoms with van der Waals surface area (Å²) in [6.07, 6.45) is -3.49. The lowest BCUT2D eigenvalue weighted by molar-refractivity contribution is -0.0143. The van der Waals surface area contributed by atoms with Crippen molar-refractivity contribution in [2.24, 2.45) is 0 Å². The molecular weight excluding hydrogens is 384 g/mol. The molecule has 1 saturated heterocycles. The van der Waals surface area contributed by atoms with Crippen LogP contribution in [0, 0.1) is 0 Å². The van der Waals surface area contributed by atoms with Crippen LogP contribution in [-0.4, -0.2) is 70.6 Å². The molecule has 23 heavy (non-hydrogen) atoms. The number of rotatable bonds is 8. The summed E-state index contributed by atoms with van der Waals surface area (Å²) in [4.78, 5) is 34.9. The molecule has 2 radical (unpaired) electrons. The predicted octanol–water partition coefficient (Wildman–Crippen LogP) is -1.40. The van der Waals surface area contributed by atoms with E-state index in [4.69, 9.17) is 32.0 Å². The Hall–Kier alpha value is 0.355. The second kappa shape index (κ2) is 7.71. The van der Waals surface area contributed by atoms with E-state index in [1.807, 2.05) is 0 Å². The van der Waals surface area contributed by atoms with E-state index < -0.39 is 54.4 Å². The topological polar surface area (TPSA) is 199 Å². The van der Waals surface area contributed by atoms with Crippen LogP contribution < -0.4 is 0 Å². The number of aliphatic hydroxyl groups excluding tert-OH is 1. The van der Waals surface area contributed by atoms with Crippen molar-refractivity contribution in [1.82, 2.24) is 0 Å². The molecule has 0 aromatic heterocycles. The molecule has 3 unspecified atom stereocenters. The molecule has 0 bridgehead atoms. The van der Waals surface area contributed by atoms with E-state index in [1.165, 1.54) is 7.11 Å². The van der Waals surface area contributed by atoms with Crippen molar-refractivity contribution in [2.45, 2.75) is 24.3 Å². The molecule has 0 aromatic carbocycles. The number of ether oxygens (including phenoxy) is 2. The van der Waals surface area contributed by atoms with E-state index in [9.17, 15) is 23.7 Å². The molecule has 0 saturated carbocycles. The molecule has 1 heterocycles. The number of phosphoric acid groups is 3. The summed E-state index contributed by atoms with van der Waals surface area (Å²) in [7, 11) is -9.64. The fraction of sp³-hybridized carbons (Fsp3) is 1.00. The van der Waals surface area contributed by atoms with Crippen molar-refractivity contribution in [3.05, 3.63) is 0 Å². The molecule has 1 fully saturated rings. The summed E-state index contributed by atoms with van der Waals surface area (Å²) >= 11 is 0. The zero-order chi connectivity index (χ0) is 18.1. The van der Waals surface area contributed by atoms with Crippen LogP contribution in [0.4, 0.5) is 0 Å². The predicted molar refractivity (Wildman–Crippen MR) is 71.0 cm³/mol. The second-order valence-corrected chi connectivity index (χ2v) is 8.64. The van der Waals surface area contributed by atoms with E-state index in [1.54, 1.807) is 0 Å². The number of aliphatic hydroxyl groups is 1. The minimum absolute atomic E-state index is 0.807. The van der Waals surface area contributed by atoms with E-state index in [-0.39, 0.29) is 0 Å². The molecule has 134 valence electrons. The minimum Gasteiger partial charge on any atom is -0.388 e. The van der Waals surface area contributed by atoms with E-state index in [2.05, 4.69) is 13.1 Å². The molecule has 0 spiro atoms. The fourth-order valence-corrected chi connectivity index (χ4v) is 4.68. The molecule has 1 aliphatic rings. The lowest BCUT2D eigenvalue weighted by atomic mass is 9.93. The van der Waals surface area contributed by atoms with Gasteiger partial charge in [-0.2, -0.15) is 8.62 Å². The van der Waals surface area contributed by atoms with Gasteiger partial charge in [0.1, 0.15) is 26.2 Å². The summed E-state index contributed by atoms with van der Waals surface area (Å²) in [5, 5.41) is 9.75. The van der Waals surface area contributed by atoms with Gasteiger partial charge in [-0.15, -0.1) is 0 Å². The zero-order valence-corrected chi connectivity index (χ0v) is 14.1. The standard InChI is InChI=1S/C6H14BO13P3/c1-16-5-4(8)3(18-6(5)7)2-17-22(12,13)20-23(14,15)19-21(9,10)11/h3-6,8H,2H2,1H3,(H,12,13)(H,14,15)(H2,9,10,11)/t3-,4?,5+,6-/m1/s1. The van der Waals surface area contributed by atoms with Crippen LogP contribution in [0.2, 0.25) is 0 Å². The van der Waals surface area contributed by atoms with Gasteiger partial charge in [-0.25, -0.2) is 13.7 Å². The third-order valence-electron chi connectivity index (χ3n) is 2.46. The summed E-state index contributed by atoms with van der Waals surface area (Å²) in [5.41, 5.74) is 0. The Morgan fingerprint density at radius 2 is 1.65 bits per heavy atom. The normalized spacial score (nSPS) is 34.0. The minimum atomic E-state index is -5.60. The van der Waals surface area contributed by atoms with Crippen molar-refractivity contribution >= 4 is 31.3 Å². The van der Waals surface area contributed by atoms with Gasteiger partial charge in [-0.1, -0.05) is 0 Å². The Labute approximate surface area is 131 Å².